The molecule has 0 saturated heterocycles. The summed E-state index contributed by atoms with van der Waals surface area (Å²) in [6.45, 7) is 18.1. The molecular weight excluding hydrogens is 721 g/mol. The van der Waals surface area contributed by atoms with E-state index in [2.05, 4.69) is 101 Å². The Labute approximate surface area is 271 Å². The van der Waals surface area contributed by atoms with Gasteiger partial charge in [-0.25, -0.2) is 0 Å². The van der Waals surface area contributed by atoms with E-state index in [9.17, 15) is 0 Å². The van der Waals surface area contributed by atoms with Gasteiger partial charge in [-0.3, -0.25) is 0 Å². The molecule has 3 heterocycles. The summed E-state index contributed by atoms with van der Waals surface area (Å²) < 4.78 is 6.40. The van der Waals surface area contributed by atoms with Gasteiger partial charge >= 0.3 is 0 Å². The zero-order chi connectivity index (χ0) is 30.1. The Hall–Kier alpha value is -3.37. The number of nitrogens with zero attached hydrogens (tertiary/aromatic N) is 2. The van der Waals surface area contributed by atoms with Crippen LogP contribution in [0.4, 0.5) is 0 Å². The predicted molar refractivity (Wildman–Crippen MR) is 180 cm³/mol. The Kier molecular flexibility index (Phi) is 9.91. The summed E-state index contributed by atoms with van der Waals surface area (Å²) in [4.78, 5) is 9.09. The van der Waals surface area contributed by atoms with Crippen LogP contribution in [0.5, 0.6) is 0 Å². The maximum absolute atomic E-state index is 6.40. The summed E-state index contributed by atoms with van der Waals surface area (Å²) in [6.07, 6.45) is 4.88. The van der Waals surface area contributed by atoms with E-state index in [1.54, 1.807) is 0 Å². The van der Waals surface area contributed by atoms with Gasteiger partial charge in [0.2, 0.25) is 0 Å². The molecule has 5 heteroatoms. The molecule has 0 amide bonds. The fourth-order valence-corrected chi connectivity index (χ4v) is 6.70. The molecule has 0 unspecified atom stereocenters. The molecule has 223 valence electrons. The van der Waals surface area contributed by atoms with Crippen LogP contribution in [0.2, 0.25) is 19.6 Å². The van der Waals surface area contributed by atoms with Gasteiger partial charge in [0.25, 0.3) is 0 Å². The van der Waals surface area contributed by atoms with Crippen molar-refractivity contribution in [2.24, 2.45) is 5.41 Å². The third-order valence-corrected chi connectivity index (χ3v) is 9.36. The molecule has 1 radical (unpaired) electrons. The van der Waals surface area contributed by atoms with Crippen molar-refractivity contribution in [1.29, 1.82) is 0 Å². The van der Waals surface area contributed by atoms with Crippen LogP contribution >= 0.6 is 0 Å². The third kappa shape index (κ3) is 7.59. The first-order chi connectivity index (χ1) is 19.9. The molecule has 0 bridgehead atoms. The van der Waals surface area contributed by atoms with Crippen LogP contribution in [0.1, 0.15) is 37.5 Å². The molecule has 43 heavy (non-hydrogen) atoms. The molecule has 0 aliphatic rings. The second-order valence-corrected chi connectivity index (χ2v) is 18.4. The average molecular weight is 761 g/mol. The Morgan fingerprint density at radius 1 is 0.837 bits per heavy atom. The van der Waals surface area contributed by atoms with E-state index >= 15 is 0 Å². The summed E-state index contributed by atoms with van der Waals surface area (Å²) >= 11 is 0. The van der Waals surface area contributed by atoms with Gasteiger partial charge in [-0.15, -0.1) is 53.2 Å². The number of aryl methyl sites for hydroxylation is 2. The second-order valence-electron chi connectivity index (χ2n) is 13.4. The summed E-state index contributed by atoms with van der Waals surface area (Å²) in [5.74, 6) is 0. The molecule has 0 spiro atoms. The van der Waals surface area contributed by atoms with Gasteiger partial charge in [-0.2, -0.15) is 0 Å². The molecular formula is C38H40IrN2OSi-2. The fraction of sp³-hybridized carbons (Fsp3) is 0.263. The van der Waals surface area contributed by atoms with Gasteiger partial charge in [0, 0.05) is 46.0 Å². The number of pyridine rings is 2. The average Bonchev–Trinajstić information content (AvgIpc) is 3.33. The normalized spacial score (nSPS) is 11.6. The molecule has 3 aromatic carbocycles. The molecule has 3 aromatic heterocycles. The van der Waals surface area contributed by atoms with E-state index in [1.807, 2.05) is 55.7 Å². The first-order valence-corrected chi connectivity index (χ1v) is 18.1. The number of benzene rings is 3. The summed E-state index contributed by atoms with van der Waals surface area (Å²) in [5, 5.41) is 3.83. The second kappa shape index (κ2) is 13.1. The number of aromatic nitrogens is 2. The van der Waals surface area contributed by atoms with Crippen molar-refractivity contribution >= 4 is 35.2 Å². The smallest absolute Gasteiger partial charge is 0.120 e. The third-order valence-electron chi connectivity index (χ3n) is 7.35. The summed E-state index contributed by atoms with van der Waals surface area (Å²) in [7, 11) is -1.57. The van der Waals surface area contributed by atoms with E-state index in [0.29, 0.717) is 0 Å². The van der Waals surface area contributed by atoms with E-state index in [4.69, 9.17) is 9.40 Å². The number of hydrogen-bond acceptors (Lipinski definition) is 3. The molecule has 6 rings (SSSR count). The van der Waals surface area contributed by atoms with E-state index in [0.717, 1.165) is 40.1 Å². The minimum absolute atomic E-state index is 0. The zero-order valence-corrected chi connectivity index (χ0v) is 29.8. The first kappa shape index (κ1) is 32.5. The van der Waals surface area contributed by atoms with Crippen molar-refractivity contribution in [1.82, 2.24) is 9.97 Å². The number of rotatable bonds is 4. The topological polar surface area (TPSA) is 38.9 Å². The zero-order valence-electron chi connectivity index (χ0n) is 26.4. The maximum atomic E-state index is 6.40. The van der Waals surface area contributed by atoms with Crippen molar-refractivity contribution in [2.45, 2.75) is 60.7 Å². The monoisotopic (exact) mass is 761 g/mol. The van der Waals surface area contributed by atoms with Crippen molar-refractivity contribution in [2.75, 3.05) is 0 Å². The number of para-hydroxylation sites is 1. The number of fused-ring (bicyclic) bond motifs is 3. The Morgan fingerprint density at radius 3 is 2.21 bits per heavy atom. The molecule has 0 atom stereocenters. The largest absolute Gasteiger partial charge is 0.501 e. The van der Waals surface area contributed by atoms with Crippen LogP contribution in [0.25, 0.3) is 44.5 Å². The minimum atomic E-state index is -1.57. The maximum Gasteiger partial charge on any atom is 0.120 e. The van der Waals surface area contributed by atoms with Gasteiger partial charge in [-0.05, 0) is 54.3 Å². The molecule has 3 nitrogen and oxygen atoms in total. The number of furan rings is 1. The van der Waals surface area contributed by atoms with Gasteiger partial charge in [0.1, 0.15) is 5.58 Å². The quantitative estimate of drug-likeness (QED) is 0.133. The van der Waals surface area contributed by atoms with Gasteiger partial charge in [0.05, 0.1) is 5.58 Å². The van der Waals surface area contributed by atoms with E-state index in [-0.39, 0.29) is 25.5 Å². The summed E-state index contributed by atoms with van der Waals surface area (Å²) in [6, 6.07) is 31.4. The minimum Gasteiger partial charge on any atom is -0.501 e. The molecule has 0 aliphatic heterocycles. The van der Waals surface area contributed by atoms with Gasteiger partial charge in [0.15, 0.2) is 0 Å². The SMILES string of the molecule is Cc1ccc(-c2[c-]cccc2)nc1.Cc1cnc(-c2[c-]cc([Si](C)(C)C)c3c2oc2ccccc23)cc1CC(C)(C)C.[Ir]. The molecule has 0 saturated carbocycles. The van der Waals surface area contributed by atoms with Crippen LogP contribution in [-0.4, -0.2) is 18.0 Å². The Bertz CT molecular complexity index is 1830. The Balaban J connectivity index is 0.000000253. The Morgan fingerprint density at radius 2 is 1.56 bits per heavy atom. The van der Waals surface area contributed by atoms with Gasteiger partial charge in [-0.1, -0.05) is 93.3 Å². The van der Waals surface area contributed by atoms with Crippen molar-refractivity contribution < 1.29 is 24.5 Å². The van der Waals surface area contributed by atoms with Crippen molar-refractivity contribution in [3.05, 3.63) is 114 Å². The van der Waals surface area contributed by atoms with Crippen LogP contribution in [0.15, 0.2) is 89.6 Å². The first-order valence-electron chi connectivity index (χ1n) is 14.6. The molecule has 0 N–H and O–H groups in total. The fourth-order valence-electron chi connectivity index (χ4n) is 5.20. The van der Waals surface area contributed by atoms with Crippen molar-refractivity contribution in [3.63, 3.8) is 0 Å². The van der Waals surface area contributed by atoms with E-state index < -0.39 is 8.07 Å². The van der Waals surface area contributed by atoms with Crippen LogP contribution in [0, 0.1) is 31.4 Å². The van der Waals surface area contributed by atoms with Gasteiger partial charge < -0.3 is 14.4 Å². The predicted octanol–water partition coefficient (Wildman–Crippen LogP) is 9.75. The van der Waals surface area contributed by atoms with Crippen LogP contribution in [0.3, 0.4) is 0 Å². The van der Waals surface area contributed by atoms with E-state index in [1.165, 1.54) is 32.6 Å². The number of hydrogen-bond donors (Lipinski definition) is 0. The molecule has 6 aromatic rings. The van der Waals surface area contributed by atoms with Crippen LogP contribution in [-0.2, 0) is 26.5 Å². The molecule has 0 fully saturated rings. The van der Waals surface area contributed by atoms with Crippen molar-refractivity contribution in [3.8, 4) is 22.5 Å². The van der Waals surface area contributed by atoms with Crippen LogP contribution < -0.4 is 5.19 Å². The standard InChI is InChI=1S/C26H30NOSi.C12H10N.Ir/c1-17-16-27-21(14-18(17)15-26(2,3)4)19-12-13-23(29(5,6)7)24-20-10-8-9-11-22(20)28-25(19)24;1-10-7-8-12(13-9-10)11-5-3-2-4-6-11;/h8-11,13-14,16H,15H2,1-7H3;2-5,7-9H,1H3;/q2*-1;. The summed E-state index contributed by atoms with van der Waals surface area (Å²) in [5.41, 5.74) is 9.78. The molecule has 0 aliphatic carbocycles.